The zero-order chi connectivity index (χ0) is 12.6. The molecule has 4 nitrogen and oxygen atoms in total. The van der Waals surface area contributed by atoms with E-state index >= 15 is 0 Å². The van der Waals surface area contributed by atoms with Crippen LogP contribution in [0.15, 0.2) is 0 Å². The van der Waals surface area contributed by atoms with Crippen molar-refractivity contribution >= 4 is 5.78 Å². The molecule has 3 aliphatic rings. The normalized spacial score (nSPS) is 43.9. The summed E-state index contributed by atoms with van der Waals surface area (Å²) in [7, 11) is 0. The van der Waals surface area contributed by atoms with Crippen molar-refractivity contribution in [1.29, 1.82) is 0 Å². The first kappa shape index (κ1) is 12.6. The zero-order valence-electron chi connectivity index (χ0n) is 11.0. The molecule has 4 heteroatoms. The maximum Gasteiger partial charge on any atom is 0.153 e. The lowest BCUT2D eigenvalue weighted by atomic mass is 9.80. The molecule has 0 amide bonds. The van der Waals surface area contributed by atoms with Gasteiger partial charge in [0, 0.05) is 12.5 Å². The summed E-state index contributed by atoms with van der Waals surface area (Å²) in [6, 6.07) is 0.363. The van der Waals surface area contributed by atoms with Crippen LogP contribution < -0.4 is 10.6 Å². The van der Waals surface area contributed by atoms with Gasteiger partial charge in [-0.3, -0.25) is 4.79 Å². The summed E-state index contributed by atoms with van der Waals surface area (Å²) < 4.78 is 0. The molecule has 0 aromatic rings. The van der Waals surface area contributed by atoms with Crippen molar-refractivity contribution in [3.63, 3.8) is 0 Å². The van der Waals surface area contributed by atoms with Gasteiger partial charge in [0.25, 0.3) is 0 Å². The average Bonchev–Trinajstić information content (AvgIpc) is 2.68. The molecule has 18 heavy (non-hydrogen) atoms. The largest absolute Gasteiger partial charge is 0.393 e. The van der Waals surface area contributed by atoms with Gasteiger partial charge in [0.05, 0.1) is 11.6 Å². The van der Waals surface area contributed by atoms with Crippen LogP contribution in [-0.4, -0.2) is 41.7 Å². The fraction of sp³-hybridized carbons (Fsp3) is 0.929. The smallest absolute Gasteiger partial charge is 0.153 e. The Kier molecular flexibility index (Phi) is 3.43. The van der Waals surface area contributed by atoms with Crippen LogP contribution in [0.1, 0.15) is 44.9 Å². The molecule has 3 aliphatic heterocycles. The van der Waals surface area contributed by atoms with Crippen molar-refractivity contribution in [3.8, 4) is 0 Å². The van der Waals surface area contributed by atoms with Gasteiger partial charge in [0.15, 0.2) is 5.78 Å². The maximum absolute atomic E-state index is 12.6. The van der Waals surface area contributed by atoms with Crippen molar-refractivity contribution in [1.82, 2.24) is 10.6 Å². The van der Waals surface area contributed by atoms with Crippen LogP contribution in [0, 0.1) is 5.92 Å². The summed E-state index contributed by atoms with van der Waals surface area (Å²) in [5, 5.41) is 16.8. The summed E-state index contributed by atoms with van der Waals surface area (Å²) >= 11 is 0. The van der Waals surface area contributed by atoms with E-state index in [1.165, 1.54) is 12.8 Å². The van der Waals surface area contributed by atoms with Crippen molar-refractivity contribution in [2.75, 3.05) is 13.1 Å². The van der Waals surface area contributed by atoms with Gasteiger partial charge in [0.2, 0.25) is 0 Å². The van der Waals surface area contributed by atoms with Gasteiger partial charge in [-0.25, -0.2) is 0 Å². The lowest BCUT2D eigenvalue weighted by molar-refractivity contribution is -0.128. The maximum atomic E-state index is 12.6. The topological polar surface area (TPSA) is 61.4 Å². The Labute approximate surface area is 109 Å². The molecular formula is C14H24N2O2. The highest BCUT2D eigenvalue weighted by Gasteiger charge is 2.49. The van der Waals surface area contributed by atoms with Crippen molar-refractivity contribution in [2.45, 2.75) is 62.6 Å². The van der Waals surface area contributed by atoms with Crippen LogP contribution >= 0.6 is 0 Å². The molecule has 3 heterocycles. The fourth-order valence-electron chi connectivity index (χ4n) is 4.00. The molecule has 3 rings (SSSR count). The number of aliphatic hydroxyl groups is 1. The molecule has 4 atom stereocenters. The number of aliphatic hydroxyl groups excluding tert-OH is 1. The molecule has 0 saturated carbocycles. The third-order valence-corrected chi connectivity index (χ3v) is 4.95. The predicted octanol–water partition coefficient (Wildman–Crippen LogP) is 0.591. The van der Waals surface area contributed by atoms with Gasteiger partial charge in [-0.2, -0.15) is 0 Å². The van der Waals surface area contributed by atoms with Gasteiger partial charge in [-0.1, -0.05) is 0 Å². The molecule has 0 aromatic heterocycles. The number of hydrogen-bond acceptors (Lipinski definition) is 4. The lowest BCUT2D eigenvalue weighted by Crippen LogP contribution is -2.56. The SMILES string of the molecule is O=C(CC1CCCNC1)C12CCC(CC(O)C1)N2. The van der Waals surface area contributed by atoms with E-state index in [0.717, 1.165) is 32.4 Å². The van der Waals surface area contributed by atoms with Crippen molar-refractivity contribution in [3.05, 3.63) is 0 Å². The predicted molar refractivity (Wildman–Crippen MR) is 69.3 cm³/mol. The molecule has 2 bridgehead atoms. The summed E-state index contributed by atoms with van der Waals surface area (Å²) in [4.78, 5) is 12.6. The van der Waals surface area contributed by atoms with Crippen molar-refractivity contribution in [2.24, 2.45) is 5.92 Å². The van der Waals surface area contributed by atoms with Gasteiger partial charge in [0.1, 0.15) is 0 Å². The van der Waals surface area contributed by atoms with Crippen LogP contribution in [0.25, 0.3) is 0 Å². The molecule has 3 saturated heterocycles. The number of carbonyl (C=O) groups is 1. The Bertz CT molecular complexity index is 328. The standard InChI is InChI=1S/C14H24N2O2/c17-12-7-11-3-4-14(8-12,16-11)13(18)6-10-2-1-5-15-9-10/h10-12,15-17H,1-9H2. The van der Waals surface area contributed by atoms with Crippen molar-refractivity contribution < 1.29 is 9.90 Å². The number of piperidine rings is 2. The molecule has 3 fully saturated rings. The highest BCUT2D eigenvalue weighted by molar-refractivity contribution is 5.89. The van der Waals surface area contributed by atoms with Crippen LogP contribution in [0.3, 0.4) is 0 Å². The highest BCUT2D eigenvalue weighted by atomic mass is 16.3. The van der Waals surface area contributed by atoms with Crippen LogP contribution in [-0.2, 0) is 4.79 Å². The van der Waals surface area contributed by atoms with Gasteiger partial charge in [-0.05, 0) is 57.5 Å². The second-order valence-electron chi connectivity index (χ2n) is 6.40. The first-order chi connectivity index (χ1) is 8.68. The number of Topliss-reactive ketones (excluding diaryl/α,β-unsaturated/α-hetero) is 1. The molecule has 0 aromatic carbocycles. The van der Waals surface area contributed by atoms with E-state index in [0.29, 0.717) is 30.6 Å². The van der Waals surface area contributed by atoms with Crippen LogP contribution in [0.5, 0.6) is 0 Å². The minimum absolute atomic E-state index is 0.285. The number of ketones is 1. The Morgan fingerprint density at radius 1 is 1.39 bits per heavy atom. The van der Waals surface area contributed by atoms with E-state index in [1.807, 2.05) is 0 Å². The minimum Gasteiger partial charge on any atom is -0.393 e. The number of nitrogens with one attached hydrogen (secondary N) is 2. The Morgan fingerprint density at radius 2 is 2.28 bits per heavy atom. The molecule has 3 N–H and O–H groups in total. The number of rotatable bonds is 3. The lowest BCUT2D eigenvalue weighted by Gasteiger charge is -2.37. The Balaban J connectivity index is 1.64. The van der Waals surface area contributed by atoms with Gasteiger partial charge < -0.3 is 15.7 Å². The molecule has 0 aliphatic carbocycles. The summed E-state index contributed by atoms with van der Waals surface area (Å²) in [6.45, 7) is 2.07. The van der Waals surface area contributed by atoms with Gasteiger partial charge >= 0.3 is 0 Å². The third kappa shape index (κ3) is 2.33. The van der Waals surface area contributed by atoms with E-state index in [2.05, 4.69) is 10.6 Å². The Hall–Kier alpha value is -0.450. The number of hydrogen-bond donors (Lipinski definition) is 3. The first-order valence-corrected chi connectivity index (χ1v) is 7.38. The summed E-state index contributed by atoms with van der Waals surface area (Å²) in [6.07, 6.45) is 6.17. The number of fused-ring (bicyclic) bond motifs is 2. The van der Waals surface area contributed by atoms with E-state index in [1.54, 1.807) is 0 Å². The Morgan fingerprint density at radius 3 is 3.06 bits per heavy atom. The van der Waals surface area contributed by atoms with Gasteiger partial charge in [-0.15, -0.1) is 0 Å². The van der Waals surface area contributed by atoms with Crippen LogP contribution in [0.2, 0.25) is 0 Å². The molecule has 0 spiro atoms. The molecular weight excluding hydrogens is 228 g/mol. The van der Waals surface area contributed by atoms with Crippen LogP contribution in [0.4, 0.5) is 0 Å². The first-order valence-electron chi connectivity index (χ1n) is 7.38. The molecule has 4 unspecified atom stereocenters. The summed E-state index contributed by atoms with van der Waals surface area (Å²) in [5.74, 6) is 0.845. The molecule has 0 radical (unpaired) electrons. The summed E-state index contributed by atoms with van der Waals surface area (Å²) in [5.41, 5.74) is -0.389. The number of carbonyl (C=O) groups excluding carboxylic acids is 1. The van der Waals surface area contributed by atoms with E-state index in [9.17, 15) is 9.90 Å². The molecule has 102 valence electrons. The highest BCUT2D eigenvalue weighted by Crippen LogP contribution is 2.38. The third-order valence-electron chi connectivity index (χ3n) is 4.95. The van der Waals surface area contributed by atoms with E-state index in [4.69, 9.17) is 0 Å². The second-order valence-corrected chi connectivity index (χ2v) is 6.40. The second kappa shape index (κ2) is 4.91. The average molecular weight is 252 g/mol. The fourth-order valence-corrected chi connectivity index (χ4v) is 4.00. The minimum atomic E-state index is -0.389. The van der Waals surface area contributed by atoms with E-state index < -0.39 is 0 Å². The monoisotopic (exact) mass is 252 g/mol. The van der Waals surface area contributed by atoms with E-state index in [-0.39, 0.29) is 11.6 Å². The quantitative estimate of drug-likeness (QED) is 0.688. The zero-order valence-corrected chi connectivity index (χ0v) is 11.0.